The van der Waals surface area contributed by atoms with Gasteiger partial charge in [0.15, 0.2) is 0 Å². The molecule has 4 rings (SSSR count). The molecule has 2 aromatic rings. The summed E-state index contributed by atoms with van der Waals surface area (Å²) in [7, 11) is 0. The SMILES string of the molecule is O=C1NCCCC12CCC(c1cccc(-c3ccccc3F)c1)N2. The maximum Gasteiger partial charge on any atom is 0.240 e. The van der Waals surface area contributed by atoms with E-state index in [2.05, 4.69) is 16.7 Å². The number of benzene rings is 2. The van der Waals surface area contributed by atoms with Crippen LogP contribution in [-0.2, 0) is 4.79 Å². The Labute approximate surface area is 141 Å². The maximum absolute atomic E-state index is 14.1. The fourth-order valence-electron chi connectivity index (χ4n) is 3.99. The van der Waals surface area contributed by atoms with Gasteiger partial charge in [0.25, 0.3) is 0 Å². The lowest BCUT2D eigenvalue weighted by molar-refractivity contribution is -0.129. The van der Waals surface area contributed by atoms with E-state index in [1.165, 1.54) is 6.07 Å². The van der Waals surface area contributed by atoms with E-state index in [9.17, 15) is 9.18 Å². The van der Waals surface area contributed by atoms with E-state index in [1.807, 2.05) is 24.3 Å². The molecule has 2 saturated heterocycles. The minimum absolute atomic E-state index is 0.126. The largest absolute Gasteiger partial charge is 0.354 e. The van der Waals surface area contributed by atoms with Crippen LogP contribution >= 0.6 is 0 Å². The van der Waals surface area contributed by atoms with E-state index in [-0.39, 0.29) is 17.8 Å². The second kappa shape index (κ2) is 6.02. The minimum Gasteiger partial charge on any atom is -0.354 e. The standard InChI is InChI=1S/C20H21FN2O/c21-17-8-2-1-7-16(17)14-5-3-6-15(13-14)18-9-11-20(23-18)10-4-12-22-19(20)24/h1-3,5-8,13,18,23H,4,9-12H2,(H,22,24). The van der Waals surface area contributed by atoms with Crippen molar-refractivity contribution in [2.75, 3.05) is 6.54 Å². The Morgan fingerprint density at radius 3 is 2.79 bits per heavy atom. The molecule has 0 bridgehead atoms. The Balaban J connectivity index is 1.61. The Bertz CT molecular complexity index is 776. The van der Waals surface area contributed by atoms with E-state index in [0.29, 0.717) is 5.56 Å². The van der Waals surface area contributed by atoms with Gasteiger partial charge in [0.1, 0.15) is 5.82 Å². The van der Waals surface area contributed by atoms with Gasteiger partial charge in [-0.1, -0.05) is 36.4 Å². The molecule has 2 aliphatic rings. The van der Waals surface area contributed by atoms with E-state index >= 15 is 0 Å². The summed E-state index contributed by atoms with van der Waals surface area (Å²) in [5, 5.41) is 6.54. The monoisotopic (exact) mass is 324 g/mol. The van der Waals surface area contributed by atoms with Gasteiger partial charge in [0.05, 0.1) is 5.54 Å². The number of amides is 1. The molecule has 2 heterocycles. The quantitative estimate of drug-likeness (QED) is 0.887. The highest BCUT2D eigenvalue weighted by Crippen LogP contribution is 2.38. The van der Waals surface area contributed by atoms with E-state index in [4.69, 9.17) is 0 Å². The summed E-state index contributed by atoms with van der Waals surface area (Å²) in [6, 6.07) is 15.0. The van der Waals surface area contributed by atoms with Crippen LogP contribution in [0.1, 0.15) is 37.3 Å². The fraction of sp³-hybridized carbons (Fsp3) is 0.350. The third kappa shape index (κ3) is 2.61. The van der Waals surface area contributed by atoms with E-state index < -0.39 is 5.54 Å². The minimum atomic E-state index is -0.420. The molecule has 0 aromatic heterocycles. The number of piperidine rings is 1. The van der Waals surface area contributed by atoms with Gasteiger partial charge in [-0.2, -0.15) is 0 Å². The number of nitrogens with one attached hydrogen (secondary N) is 2. The fourth-order valence-corrected chi connectivity index (χ4v) is 3.99. The highest BCUT2D eigenvalue weighted by atomic mass is 19.1. The summed E-state index contributed by atoms with van der Waals surface area (Å²) in [5.74, 6) is -0.0846. The van der Waals surface area contributed by atoms with E-state index in [0.717, 1.165) is 43.4 Å². The molecule has 124 valence electrons. The Morgan fingerprint density at radius 1 is 1.08 bits per heavy atom. The van der Waals surface area contributed by atoms with Crippen molar-refractivity contribution in [1.29, 1.82) is 0 Å². The van der Waals surface area contributed by atoms with Gasteiger partial charge in [-0.3, -0.25) is 10.1 Å². The van der Waals surface area contributed by atoms with Crippen molar-refractivity contribution in [3.05, 3.63) is 59.9 Å². The molecule has 2 atom stereocenters. The lowest BCUT2D eigenvalue weighted by Gasteiger charge is -2.33. The molecule has 2 aliphatic heterocycles. The number of halogens is 1. The van der Waals surface area contributed by atoms with Crippen LogP contribution in [0.15, 0.2) is 48.5 Å². The molecule has 1 spiro atoms. The molecular formula is C20H21FN2O. The second-order valence-corrected chi connectivity index (χ2v) is 6.78. The van der Waals surface area contributed by atoms with Crippen LogP contribution in [-0.4, -0.2) is 18.0 Å². The highest BCUT2D eigenvalue weighted by Gasteiger charge is 2.46. The van der Waals surface area contributed by atoms with Crippen LogP contribution in [0.25, 0.3) is 11.1 Å². The van der Waals surface area contributed by atoms with Crippen LogP contribution < -0.4 is 10.6 Å². The summed E-state index contributed by atoms with van der Waals surface area (Å²) >= 11 is 0. The summed E-state index contributed by atoms with van der Waals surface area (Å²) in [6.45, 7) is 0.774. The molecule has 1 amide bonds. The van der Waals surface area contributed by atoms with Crippen LogP contribution in [0, 0.1) is 5.82 Å². The second-order valence-electron chi connectivity index (χ2n) is 6.78. The first-order chi connectivity index (χ1) is 11.7. The molecule has 2 N–H and O–H groups in total. The predicted octanol–water partition coefficient (Wildman–Crippen LogP) is 3.57. The summed E-state index contributed by atoms with van der Waals surface area (Å²) in [6.07, 6.45) is 3.69. The van der Waals surface area contributed by atoms with Crippen LogP contribution in [0.4, 0.5) is 4.39 Å². The molecule has 2 unspecified atom stereocenters. The van der Waals surface area contributed by atoms with Gasteiger partial charge < -0.3 is 5.32 Å². The Morgan fingerprint density at radius 2 is 1.96 bits per heavy atom. The number of hydrogen-bond donors (Lipinski definition) is 2. The first-order valence-electron chi connectivity index (χ1n) is 8.59. The molecule has 24 heavy (non-hydrogen) atoms. The molecule has 0 aliphatic carbocycles. The molecule has 2 aromatic carbocycles. The van der Waals surface area contributed by atoms with Gasteiger partial charge in [-0.25, -0.2) is 4.39 Å². The number of hydrogen-bond acceptors (Lipinski definition) is 2. The van der Waals surface area contributed by atoms with Crippen molar-refractivity contribution < 1.29 is 9.18 Å². The first kappa shape index (κ1) is 15.3. The third-order valence-electron chi connectivity index (χ3n) is 5.28. The maximum atomic E-state index is 14.1. The molecule has 0 radical (unpaired) electrons. The number of carbonyl (C=O) groups is 1. The molecule has 3 nitrogen and oxygen atoms in total. The van der Waals surface area contributed by atoms with E-state index in [1.54, 1.807) is 12.1 Å². The van der Waals surface area contributed by atoms with Gasteiger partial charge in [0.2, 0.25) is 5.91 Å². The van der Waals surface area contributed by atoms with Crippen molar-refractivity contribution in [2.24, 2.45) is 0 Å². The van der Waals surface area contributed by atoms with Gasteiger partial charge in [0, 0.05) is 18.2 Å². The number of rotatable bonds is 2. The third-order valence-corrected chi connectivity index (χ3v) is 5.28. The lowest BCUT2D eigenvalue weighted by atomic mass is 9.88. The number of carbonyl (C=O) groups excluding carboxylic acids is 1. The van der Waals surface area contributed by atoms with Crippen molar-refractivity contribution in [3.8, 4) is 11.1 Å². The van der Waals surface area contributed by atoms with Crippen LogP contribution in [0.2, 0.25) is 0 Å². The summed E-state index contributed by atoms with van der Waals surface area (Å²) in [5.41, 5.74) is 2.19. The normalized spacial score (nSPS) is 26.5. The molecular weight excluding hydrogens is 303 g/mol. The Hall–Kier alpha value is -2.20. The molecule has 2 fully saturated rings. The van der Waals surface area contributed by atoms with Gasteiger partial charge in [-0.05, 0) is 48.9 Å². The zero-order chi connectivity index (χ0) is 16.6. The van der Waals surface area contributed by atoms with Gasteiger partial charge >= 0.3 is 0 Å². The van der Waals surface area contributed by atoms with Crippen molar-refractivity contribution in [3.63, 3.8) is 0 Å². The molecule has 4 heteroatoms. The average molecular weight is 324 g/mol. The van der Waals surface area contributed by atoms with Crippen LogP contribution in [0.5, 0.6) is 0 Å². The van der Waals surface area contributed by atoms with Gasteiger partial charge in [-0.15, -0.1) is 0 Å². The topological polar surface area (TPSA) is 41.1 Å². The predicted molar refractivity (Wildman–Crippen MR) is 91.9 cm³/mol. The summed E-state index contributed by atoms with van der Waals surface area (Å²) < 4.78 is 14.1. The zero-order valence-electron chi connectivity index (χ0n) is 13.5. The first-order valence-corrected chi connectivity index (χ1v) is 8.59. The smallest absolute Gasteiger partial charge is 0.240 e. The van der Waals surface area contributed by atoms with Crippen molar-refractivity contribution in [1.82, 2.24) is 10.6 Å². The Kier molecular flexibility index (Phi) is 3.85. The van der Waals surface area contributed by atoms with Crippen LogP contribution in [0.3, 0.4) is 0 Å². The average Bonchev–Trinajstić information content (AvgIpc) is 3.03. The zero-order valence-corrected chi connectivity index (χ0v) is 13.5. The summed E-state index contributed by atoms with van der Waals surface area (Å²) in [4.78, 5) is 12.3. The highest BCUT2D eigenvalue weighted by molar-refractivity contribution is 5.87. The van der Waals surface area contributed by atoms with Crippen molar-refractivity contribution in [2.45, 2.75) is 37.3 Å². The van der Waals surface area contributed by atoms with Crippen molar-refractivity contribution >= 4 is 5.91 Å². The molecule has 0 saturated carbocycles. The lowest BCUT2D eigenvalue weighted by Crippen LogP contribution is -2.57.